The fourth-order valence-electron chi connectivity index (χ4n) is 1.33. The molecule has 5 heteroatoms. The number of ether oxygens (including phenoxy) is 2. The monoisotopic (exact) mass is 245 g/mol. The molecule has 3 nitrogen and oxygen atoms in total. The standard InChI is InChI=1S/C12H17F2NO2/c1-16-11-4-2-3-10(7-11)8-15-5-6-17-9-12(13)14/h2-4,7,12,15H,5-6,8-9H2,1H3. The average Bonchev–Trinajstić information content (AvgIpc) is 2.33. The molecule has 0 unspecified atom stereocenters. The van der Waals surface area contributed by atoms with Crippen LogP contribution < -0.4 is 10.1 Å². The third kappa shape index (κ3) is 6.19. The lowest BCUT2D eigenvalue weighted by molar-refractivity contribution is 0.0187. The molecule has 0 radical (unpaired) electrons. The Hall–Kier alpha value is -1.20. The summed E-state index contributed by atoms with van der Waals surface area (Å²) < 4.78 is 33.3. The maximum absolute atomic E-state index is 11.7. The van der Waals surface area contributed by atoms with Gasteiger partial charge < -0.3 is 14.8 Å². The molecule has 0 aliphatic rings. The van der Waals surface area contributed by atoms with E-state index < -0.39 is 13.0 Å². The van der Waals surface area contributed by atoms with Gasteiger partial charge in [-0.15, -0.1) is 0 Å². The predicted molar refractivity (Wildman–Crippen MR) is 61.5 cm³/mol. The second-order valence-electron chi connectivity index (χ2n) is 3.49. The summed E-state index contributed by atoms with van der Waals surface area (Å²) in [7, 11) is 1.62. The van der Waals surface area contributed by atoms with Gasteiger partial charge in [-0.2, -0.15) is 0 Å². The van der Waals surface area contributed by atoms with Crippen molar-refractivity contribution in [3.8, 4) is 5.75 Å². The molecule has 0 aromatic heterocycles. The number of rotatable bonds is 8. The van der Waals surface area contributed by atoms with E-state index in [1.54, 1.807) is 7.11 Å². The summed E-state index contributed by atoms with van der Waals surface area (Å²) in [5.41, 5.74) is 1.08. The zero-order chi connectivity index (χ0) is 12.5. The first-order valence-corrected chi connectivity index (χ1v) is 5.42. The van der Waals surface area contributed by atoms with E-state index in [0.717, 1.165) is 11.3 Å². The van der Waals surface area contributed by atoms with Crippen LogP contribution in [0.4, 0.5) is 8.78 Å². The lowest BCUT2D eigenvalue weighted by Gasteiger charge is -2.07. The van der Waals surface area contributed by atoms with Crippen molar-refractivity contribution in [1.29, 1.82) is 0 Å². The Morgan fingerprint density at radius 2 is 2.18 bits per heavy atom. The van der Waals surface area contributed by atoms with E-state index >= 15 is 0 Å². The summed E-state index contributed by atoms with van der Waals surface area (Å²) in [6, 6.07) is 7.67. The van der Waals surface area contributed by atoms with Crippen molar-refractivity contribution in [3.05, 3.63) is 29.8 Å². The summed E-state index contributed by atoms with van der Waals surface area (Å²) in [4.78, 5) is 0. The zero-order valence-corrected chi connectivity index (χ0v) is 9.79. The molecule has 17 heavy (non-hydrogen) atoms. The van der Waals surface area contributed by atoms with Crippen LogP contribution in [0.3, 0.4) is 0 Å². The first-order valence-electron chi connectivity index (χ1n) is 5.42. The van der Waals surface area contributed by atoms with E-state index in [1.165, 1.54) is 0 Å². The van der Waals surface area contributed by atoms with Gasteiger partial charge in [-0.05, 0) is 17.7 Å². The Morgan fingerprint density at radius 3 is 2.88 bits per heavy atom. The Morgan fingerprint density at radius 1 is 1.35 bits per heavy atom. The fraction of sp³-hybridized carbons (Fsp3) is 0.500. The van der Waals surface area contributed by atoms with Crippen LogP contribution in [0.5, 0.6) is 5.75 Å². The summed E-state index contributed by atoms with van der Waals surface area (Å²) in [6.07, 6.45) is -2.40. The second-order valence-corrected chi connectivity index (χ2v) is 3.49. The summed E-state index contributed by atoms with van der Waals surface area (Å²) in [5.74, 6) is 0.804. The van der Waals surface area contributed by atoms with Crippen molar-refractivity contribution in [2.45, 2.75) is 13.0 Å². The molecule has 1 aromatic carbocycles. The van der Waals surface area contributed by atoms with Gasteiger partial charge >= 0.3 is 0 Å². The number of hydrogen-bond donors (Lipinski definition) is 1. The molecular formula is C12H17F2NO2. The molecule has 0 saturated heterocycles. The lowest BCUT2D eigenvalue weighted by Crippen LogP contribution is -2.20. The quantitative estimate of drug-likeness (QED) is 0.711. The lowest BCUT2D eigenvalue weighted by atomic mass is 10.2. The van der Waals surface area contributed by atoms with Gasteiger partial charge in [0.05, 0.1) is 13.7 Å². The minimum atomic E-state index is -2.40. The van der Waals surface area contributed by atoms with E-state index in [2.05, 4.69) is 5.32 Å². The van der Waals surface area contributed by atoms with E-state index in [4.69, 9.17) is 9.47 Å². The summed E-state index contributed by atoms with van der Waals surface area (Å²) in [6.45, 7) is 0.994. The van der Waals surface area contributed by atoms with Crippen LogP contribution in [0.1, 0.15) is 5.56 Å². The largest absolute Gasteiger partial charge is 0.497 e. The van der Waals surface area contributed by atoms with Crippen molar-refractivity contribution in [2.24, 2.45) is 0 Å². The number of halogens is 2. The van der Waals surface area contributed by atoms with E-state index in [1.807, 2.05) is 24.3 Å². The van der Waals surface area contributed by atoms with Gasteiger partial charge in [0.1, 0.15) is 12.4 Å². The van der Waals surface area contributed by atoms with Gasteiger partial charge in [0.25, 0.3) is 6.43 Å². The molecule has 1 rings (SSSR count). The number of methoxy groups -OCH3 is 1. The molecular weight excluding hydrogens is 228 g/mol. The highest BCUT2D eigenvalue weighted by molar-refractivity contribution is 5.28. The molecule has 0 spiro atoms. The summed E-state index contributed by atoms with van der Waals surface area (Å²) >= 11 is 0. The van der Waals surface area contributed by atoms with Crippen LogP contribution in [0.25, 0.3) is 0 Å². The number of hydrogen-bond acceptors (Lipinski definition) is 3. The van der Waals surface area contributed by atoms with Crippen LogP contribution in [-0.4, -0.2) is 33.3 Å². The second kappa shape index (κ2) is 7.97. The van der Waals surface area contributed by atoms with E-state index in [-0.39, 0.29) is 6.61 Å². The van der Waals surface area contributed by atoms with Crippen molar-refractivity contribution >= 4 is 0 Å². The fourth-order valence-corrected chi connectivity index (χ4v) is 1.33. The highest BCUT2D eigenvalue weighted by Gasteiger charge is 2.00. The highest BCUT2D eigenvalue weighted by atomic mass is 19.3. The van der Waals surface area contributed by atoms with Gasteiger partial charge in [-0.25, -0.2) is 8.78 Å². The molecule has 0 atom stereocenters. The predicted octanol–water partition coefficient (Wildman–Crippen LogP) is 2.07. The Bertz CT molecular complexity index is 321. The molecule has 0 heterocycles. The van der Waals surface area contributed by atoms with Gasteiger partial charge in [0.15, 0.2) is 0 Å². The van der Waals surface area contributed by atoms with Crippen LogP contribution in [-0.2, 0) is 11.3 Å². The van der Waals surface area contributed by atoms with Crippen molar-refractivity contribution in [1.82, 2.24) is 5.32 Å². The van der Waals surface area contributed by atoms with E-state index in [9.17, 15) is 8.78 Å². The number of nitrogens with one attached hydrogen (secondary N) is 1. The topological polar surface area (TPSA) is 30.5 Å². The molecule has 0 aliphatic heterocycles. The minimum absolute atomic E-state index is 0.286. The molecule has 0 saturated carbocycles. The number of alkyl halides is 2. The molecule has 1 N–H and O–H groups in total. The minimum Gasteiger partial charge on any atom is -0.497 e. The number of benzene rings is 1. The SMILES string of the molecule is COc1cccc(CNCCOCC(F)F)c1. The van der Waals surface area contributed by atoms with Crippen molar-refractivity contribution < 1.29 is 18.3 Å². The maximum atomic E-state index is 11.7. The average molecular weight is 245 g/mol. The molecule has 0 aliphatic carbocycles. The Kier molecular flexibility index (Phi) is 6.50. The third-order valence-corrected chi connectivity index (χ3v) is 2.13. The molecule has 1 aromatic rings. The Labute approximate surface area is 99.7 Å². The van der Waals surface area contributed by atoms with Crippen LogP contribution in [0.15, 0.2) is 24.3 Å². The van der Waals surface area contributed by atoms with Crippen LogP contribution in [0, 0.1) is 0 Å². The first kappa shape index (κ1) is 13.9. The first-order chi connectivity index (χ1) is 8.22. The van der Waals surface area contributed by atoms with Gasteiger partial charge in [-0.3, -0.25) is 0 Å². The molecule has 0 amide bonds. The Balaban J connectivity index is 2.13. The van der Waals surface area contributed by atoms with Gasteiger partial charge in [0.2, 0.25) is 0 Å². The van der Waals surface area contributed by atoms with Crippen molar-refractivity contribution in [2.75, 3.05) is 26.9 Å². The molecule has 96 valence electrons. The molecule has 0 bridgehead atoms. The van der Waals surface area contributed by atoms with Crippen molar-refractivity contribution in [3.63, 3.8) is 0 Å². The highest BCUT2D eigenvalue weighted by Crippen LogP contribution is 2.11. The molecule has 0 fully saturated rings. The van der Waals surface area contributed by atoms with Gasteiger partial charge in [-0.1, -0.05) is 12.1 Å². The third-order valence-electron chi connectivity index (χ3n) is 2.13. The normalized spacial score (nSPS) is 10.8. The van der Waals surface area contributed by atoms with Crippen LogP contribution >= 0.6 is 0 Å². The van der Waals surface area contributed by atoms with Crippen LogP contribution in [0.2, 0.25) is 0 Å². The maximum Gasteiger partial charge on any atom is 0.261 e. The summed E-state index contributed by atoms with van der Waals surface area (Å²) in [5, 5.41) is 3.10. The smallest absolute Gasteiger partial charge is 0.261 e. The van der Waals surface area contributed by atoms with E-state index in [0.29, 0.717) is 13.1 Å². The zero-order valence-electron chi connectivity index (χ0n) is 9.79. The van der Waals surface area contributed by atoms with Gasteiger partial charge in [0, 0.05) is 13.1 Å².